The Kier molecular flexibility index (Phi) is 4.95. The highest BCUT2D eigenvalue weighted by Crippen LogP contribution is 2.31. The molecular weight excluding hydrogens is 270 g/mol. The summed E-state index contributed by atoms with van der Waals surface area (Å²) >= 11 is 3.43. The second-order valence-corrected chi connectivity index (χ2v) is 4.90. The van der Waals surface area contributed by atoms with Crippen molar-refractivity contribution < 1.29 is 5.11 Å². The third kappa shape index (κ3) is 2.64. The van der Waals surface area contributed by atoms with E-state index < -0.39 is 5.60 Å². The molecule has 92 valence electrons. The van der Waals surface area contributed by atoms with Crippen LogP contribution >= 0.6 is 15.9 Å². The molecule has 1 aromatic heterocycles. The lowest BCUT2D eigenvalue weighted by molar-refractivity contribution is 0.0260. The summed E-state index contributed by atoms with van der Waals surface area (Å²) in [6, 6.07) is 0. The average molecular weight is 290 g/mol. The lowest BCUT2D eigenvalue weighted by Crippen LogP contribution is -2.37. The zero-order valence-electron chi connectivity index (χ0n) is 9.91. The number of nitrogens with two attached hydrogens (primary N) is 1. The Balaban J connectivity index is 3.11. The van der Waals surface area contributed by atoms with Gasteiger partial charge in [0.25, 0.3) is 0 Å². The number of hydrogen-bond donors (Lipinski definition) is 2. The Morgan fingerprint density at radius 3 is 2.69 bits per heavy atom. The lowest BCUT2D eigenvalue weighted by Gasteiger charge is -2.27. The van der Waals surface area contributed by atoms with E-state index in [4.69, 9.17) is 5.73 Å². The Labute approximate surface area is 105 Å². The van der Waals surface area contributed by atoms with Crippen molar-refractivity contribution in [3.63, 3.8) is 0 Å². The maximum atomic E-state index is 10.6. The third-order valence-electron chi connectivity index (χ3n) is 2.67. The first-order chi connectivity index (χ1) is 7.59. The van der Waals surface area contributed by atoms with Gasteiger partial charge in [-0.25, -0.2) is 0 Å². The first-order valence-corrected chi connectivity index (χ1v) is 6.52. The van der Waals surface area contributed by atoms with Crippen LogP contribution in [0.5, 0.6) is 0 Å². The quantitative estimate of drug-likeness (QED) is 0.842. The van der Waals surface area contributed by atoms with Crippen LogP contribution in [0.2, 0.25) is 0 Å². The standard InChI is InChI=1S/C11H20BrN3O/c1-3-5-11(16,8-13)10-9(12)7-14-15(10)6-4-2/h7,16H,3-6,8,13H2,1-2H3. The summed E-state index contributed by atoms with van der Waals surface area (Å²) in [4.78, 5) is 0. The summed E-state index contributed by atoms with van der Waals surface area (Å²) in [6.45, 7) is 5.14. The summed E-state index contributed by atoms with van der Waals surface area (Å²) in [5.41, 5.74) is 5.54. The zero-order valence-corrected chi connectivity index (χ0v) is 11.5. The summed E-state index contributed by atoms with van der Waals surface area (Å²) in [5, 5.41) is 14.8. The van der Waals surface area contributed by atoms with Gasteiger partial charge in [-0.2, -0.15) is 5.10 Å². The van der Waals surface area contributed by atoms with Gasteiger partial charge in [0, 0.05) is 13.1 Å². The molecular formula is C11H20BrN3O. The minimum atomic E-state index is -0.973. The van der Waals surface area contributed by atoms with E-state index in [0.717, 1.165) is 29.6 Å². The molecule has 1 unspecified atom stereocenters. The molecule has 4 nitrogen and oxygen atoms in total. The van der Waals surface area contributed by atoms with Crippen LogP contribution in [0.4, 0.5) is 0 Å². The number of aliphatic hydroxyl groups is 1. The van der Waals surface area contributed by atoms with Crippen LogP contribution in [0.1, 0.15) is 38.8 Å². The average Bonchev–Trinajstić information content (AvgIpc) is 2.61. The molecule has 0 bridgehead atoms. The summed E-state index contributed by atoms with van der Waals surface area (Å²) < 4.78 is 2.68. The first-order valence-electron chi connectivity index (χ1n) is 5.73. The van der Waals surface area contributed by atoms with Crippen LogP contribution in [0.15, 0.2) is 10.7 Å². The van der Waals surface area contributed by atoms with Crippen LogP contribution in [0.3, 0.4) is 0 Å². The highest BCUT2D eigenvalue weighted by atomic mass is 79.9. The predicted octanol–water partition coefficient (Wildman–Crippen LogP) is 2.00. The van der Waals surface area contributed by atoms with Crippen LogP contribution < -0.4 is 5.73 Å². The molecule has 0 aliphatic carbocycles. The minimum absolute atomic E-state index is 0.217. The maximum Gasteiger partial charge on any atom is 0.119 e. The van der Waals surface area contributed by atoms with Crippen molar-refractivity contribution in [3.8, 4) is 0 Å². The monoisotopic (exact) mass is 289 g/mol. The first kappa shape index (κ1) is 13.7. The molecule has 0 radical (unpaired) electrons. The van der Waals surface area contributed by atoms with Gasteiger partial charge in [-0.15, -0.1) is 0 Å². The van der Waals surface area contributed by atoms with E-state index in [9.17, 15) is 5.11 Å². The molecule has 1 aromatic rings. The van der Waals surface area contributed by atoms with Crippen LogP contribution in [0.25, 0.3) is 0 Å². The highest BCUT2D eigenvalue weighted by Gasteiger charge is 2.32. The van der Waals surface area contributed by atoms with E-state index in [1.807, 2.05) is 11.6 Å². The van der Waals surface area contributed by atoms with E-state index in [-0.39, 0.29) is 6.54 Å². The van der Waals surface area contributed by atoms with E-state index in [2.05, 4.69) is 28.0 Å². The molecule has 1 heterocycles. The molecule has 0 saturated heterocycles. The molecule has 1 atom stereocenters. The molecule has 0 saturated carbocycles. The molecule has 0 amide bonds. The van der Waals surface area contributed by atoms with Crippen molar-refractivity contribution in [2.75, 3.05) is 6.54 Å². The fraction of sp³-hybridized carbons (Fsp3) is 0.727. The summed E-state index contributed by atoms with van der Waals surface area (Å²) in [7, 11) is 0. The minimum Gasteiger partial charge on any atom is -0.382 e. The van der Waals surface area contributed by atoms with Gasteiger partial charge in [0.1, 0.15) is 5.60 Å². The van der Waals surface area contributed by atoms with Gasteiger partial charge in [-0.3, -0.25) is 4.68 Å². The molecule has 1 rings (SSSR count). The molecule has 0 aliphatic rings. The molecule has 0 aliphatic heterocycles. The van der Waals surface area contributed by atoms with E-state index >= 15 is 0 Å². The van der Waals surface area contributed by atoms with Gasteiger partial charge in [-0.1, -0.05) is 20.3 Å². The van der Waals surface area contributed by atoms with E-state index in [1.165, 1.54) is 0 Å². The number of hydrogen-bond acceptors (Lipinski definition) is 3. The Morgan fingerprint density at radius 1 is 1.50 bits per heavy atom. The topological polar surface area (TPSA) is 64.1 Å². The Hall–Kier alpha value is -0.390. The van der Waals surface area contributed by atoms with E-state index in [0.29, 0.717) is 6.42 Å². The number of aromatic nitrogens is 2. The van der Waals surface area contributed by atoms with Gasteiger partial charge in [0.05, 0.1) is 16.4 Å². The van der Waals surface area contributed by atoms with Crippen molar-refractivity contribution >= 4 is 15.9 Å². The maximum absolute atomic E-state index is 10.6. The lowest BCUT2D eigenvalue weighted by atomic mass is 9.94. The smallest absolute Gasteiger partial charge is 0.119 e. The summed E-state index contributed by atoms with van der Waals surface area (Å²) in [5.74, 6) is 0. The van der Waals surface area contributed by atoms with Crippen molar-refractivity contribution in [1.29, 1.82) is 0 Å². The second-order valence-electron chi connectivity index (χ2n) is 4.05. The van der Waals surface area contributed by atoms with Crippen LogP contribution in [-0.4, -0.2) is 21.4 Å². The molecule has 0 fully saturated rings. The van der Waals surface area contributed by atoms with Crippen LogP contribution in [0, 0.1) is 0 Å². The predicted molar refractivity (Wildman–Crippen MR) is 68.1 cm³/mol. The van der Waals surface area contributed by atoms with Crippen molar-refractivity contribution in [3.05, 3.63) is 16.4 Å². The highest BCUT2D eigenvalue weighted by molar-refractivity contribution is 9.10. The molecule has 0 spiro atoms. The van der Waals surface area contributed by atoms with Gasteiger partial charge >= 0.3 is 0 Å². The molecule has 3 N–H and O–H groups in total. The Morgan fingerprint density at radius 2 is 2.19 bits per heavy atom. The van der Waals surface area contributed by atoms with Crippen molar-refractivity contribution in [2.45, 2.75) is 45.3 Å². The van der Waals surface area contributed by atoms with Gasteiger partial charge in [0.2, 0.25) is 0 Å². The Bertz CT molecular complexity index is 340. The third-order valence-corrected chi connectivity index (χ3v) is 3.25. The van der Waals surface area contributed by atoms with E-state index in [1.54, 1.807) is 6.20 Å². The zero-order chi connectivity index (χ0) is 12.2. The number of nitrogens with zero attached hydrogens (tertiary/aromatic N) is 2. The fourth-order valence-corrected chi connectivity index (χ4v) is 2.60. The molecule has 16 heavy (non-hydrogen) atoms. The second kappa shape index (κ2) is 5.80. The van der Waals surface area contributed by atoms with Gasteiger partial charge in [0.15, 0.2) is 0 Å². The molecule has 0 aromatic carbocycles. The number of aryl methyl sites for hydroxylation is 1. The normalized spacial score (nSPS) is 15.1. The van der Waals surface area contributed by atoms with Gasteiger partial charge < -0.3 is 10.8 Å². The fourth-order valence-electron chi connectivity index (χ4n) is 1.94. The molecule has 5 heteroatoms. The van der Waals surface area contributed by atoms with Gasteiger partial charge in [-0.05, 0) is 28.8 Å². The van der Waals surface area contributed by atoms with Crippen molar-refractivity contribution in [2.24, 2.45) is 5.73 Å². The number of halogens is 1. The van der Waals surface area contributed by atoms with Crippen molar-refractivity contribution in [1.82, 2.24) is 9.78 Å². The summed E-state index contributed by atoms with van der Waals surface area (Å²) in [6.07, 6.45) is 4.24. The number of rotatable bonds is 6. The van der Waals surface area contributed by atoms with Crippen LogP contribution in [-0.2, 0) is 12.1 Å². The SMILES string of the molecule is CCCn1ncc(Br)c1C(O)(CN)CCC. The largest absolute Gasteiger partial charge is 0.382 e.